The summed E-state index contributed by atoms with van der Waals surface area (Å²) in [5.41, 5.74) is 5.34. The van der Waals surface area contributed by atoms with Gasteiger partial charge in [-0.3, -0.25) is 4.98 Å². The van der Waals surface area contributed by atoms with Crippen molar-refractivity contribution in [1.29, 1.82) is 0 Å². The van der Waals surface area contributed by atoms with Crippen molar-refractivity contribution in [3.05, 3.63) is 72.7 Å². The number of sulfone groups is 1. The number of para-hydroxylation sites is 1. The third-order valence-corrected chi connectivity index (χ3v) is 6.77. The number of rotatable bonds is 7. The van der Waals surface area contributed by atoms with Gasteiger partial charge in [0.25, 0.3) is 0 Å². The molecular weight excluding hydrogens is 509 g/mol. The van der Waals surface area contributed by atoms with Crippen molar-refractivity contribution in [3.63, 3.8) is 0 Å². The van der Waals surface area contributed by atoms with Crippen molar-refractivity contribution < 1.29 is 21.6 Å². The minimum absolute atomic E-state index is 0.0648. The van der Waals surface area contributed by atoms with Gasteiger partial charge < -0.3 is 11.1 Å². The van der Waals surface area contributed by atoms with Gasteiger partial charge in [-0.1, -0.05) is 25.1 Å². The molecule has 0 aliphatic carbocycles. The molecule has 190 valence electrons. The van der Waals surface area contributed by atoms with Crippen molar-refractivity contribution in [2.75, 3.05) is 16.8 Å². The van der Waals surface area contributed by atoms with Crippen molar-refractivity contribution in [2.45, 2.75) is 18.0 Å². The average molecular weight is 529 g/mol. The SMILES string of the molecule is CCS(=O)(=O)c1ccc(C(F)(F)F)cc1/N=N/c1c(N)nc(-c2cnccn2)nc1Nc1ccccc1. The molecule has 0 aliphatic heterocycles. The number of nitrogens with two attached hydrogens (primary N) is 1. The Balaban J connectivity index is 1.86. The molecule has 2 aromatic heterocycles. The summed E-state index contributed by atoms with van der Waals surface area (Å²) in [4.78, 5) is 16.3. The Morgan fingerprint density at radius 1 is 1.03 bits per heavy atom. The molecule has 4 rings (SSSR count). The van der Waals surface area contributed by atoms with Gasteiger partial charge in [-0.15, -0.1) is 10.2 Å². The minimum atomic E-state index is -4.72. The molecule has 0 atom stereocenters. The van der Waals surface area contributed by atoms with Crippen LogP contribution in [0.15, 0.2) is 82.2 Å². The molecule has 0 radical (unpaired) electrons. The van der Waals surface area contributed by atoms with Crippen LogP contribution in [-0.4, -0.2) is 34.1 Å². The number of nitrogen functional groups attached to an aromatic ring is 1. The maximum atomic E-state index is 13.3. The van der Waals surface area contributed by atoms with Gasteiger partial charge in [0.2, 0.25) is 0 Å². The third-order valence-electron chi connectivity index (χ3n) is 5.00. The molecule has 2 heterocycles. The number of aromatic nitrogens is 4. The summed E-state index contributed by atoms with van der Waals surface area (Å²) in [5, 5.41) is 10.9. The Kier molecular flexibility index (Phi) is 7.11. The summed E-state index contributed by atoms with van der Waals surface area (Å²) in [7, 11) is -3.92. The van der Waals surface area contributed by atoms with E-state index in [1.54, 1.807) is 30.3 Å². The van der Waals surface area contributed by atoms with E-state index >= 15 is 0 Å². The van der Waals surface area contributed by atoms with Gasteiger partial charge in [-0.05, 0) is 30.3 Å². The fourth-order valence-electron chi connectivity index (χ4n) is 3.14. The summed E-state index contributed by atoms with van der Waals surface area (Å²) in [6.45, 7) is 1.37. The maximum Gasteiger partial charge on any atom is 0.416 e. The van der Waals surface area contributed by atoms with Gasteiger partial charge in [0.15, 0.2) is 33.0 Å². The van der Waals surface area contributed by atoms with Crippen LogP contribution in [0.25, 0.3) is 11.5 Å². The molecule has 0 bridgehead atoms. The van der Waals surface area contributed by atoms with Crippen molar-refractivity contribution >= 4 is 38.5 Å². The zero-order valence-corrected chi connectivity index (χ0v) is 20.0. The number of anilines is 3. The van der Waals surface area contributed by atoms with Gasteiger partial charge in [-0.25, -0.2) is 23.4 Å². The third kappa shape index (κ3) is 5.86. The van der Waals surface area contributed by atoms with Crippen LogP contribution < -0.4 is 11.1 Å². The molecule has 0 spiro atoms. The van der Waals surface area contributed by atoms with E-state index in [9.17, 15) is 21.6 Å². The van der Waals surface area contributed by atoms with Crippen LogP contribution in [0.1, 0.15) is 12.5 Å². The molecule has 0 unspecified atom stereocenters. The van der Waals surface area contributed by atoms with Gasteiger partial charge in [0.05, 0.1) is 22.4 Å². The first-order valence-electron chi connectivity index (χ1n) is 10.7. The summed E-state index contributed by atoms with van der Waals surface area (Å²) in [5.74, 6) is -0.351. The second-order valence-corrected chi connectivity index (χ2v) is 9.74. The summed E-state index contributed by atoms with van der Waals surface area (Å²) < 4.78 is 65.0. The zero-order valence-electron chi connectivity index (χ0n) is 19.2. The van der Waals surface area contributed by atoms with Crippen molar-refractivity contribution in [3.8, 4) is 11.5 Å². The van der Waals surface area contributed by atoms with Crippen LogP contribution in [0.3, 0.4) is 0 Å². The minimum Gasteiger partial charge on any atom is -0.382 e. The molecule has 10 nitrogen and oxygen atoms in total. The standard InChI is InChI=1S/C23H19F3N8O2S/c1-2-37(35,36)18-9-8-14(23(24,25)26)12-16(18)33-34-19-20(27)31-21(17-13-28-10-11-29-17)32-22(19)30-15-6-4-3-5-7-15/h3-13H,2H2,1H3,(H3,27,30,31,32)/b34-33+. The fourth-order valence-corrected chi connectivity index (χ4v) is 4.14. The first kappa shape index (κ1) is 25.6. The van der Waals surface area contributed by atoms with Gasteiger partial charge >= 0.3 is 6.18 Å². The first-order chi connectivity index (χ1) is 17.6. The van der Waals surface area contributed by atoms with E-state index in [0.717, 1.165) is 6.07 Å². The van der Waals surface area contributed by atoms with Gasteiger partial charge in [0, 0.05) is 18.1 Å². The molecule has 14 heteroatoms. The van der Waals surface area contributed by atoms with E-state index in [4.69, 9.17) is 5.73 Å². The molecule has 0 fully saturated rings. The number of nitrogens with one attached hydrogen (secondary N) is 1. The predicted molar refractivity (Wildman–Crippen MR) is 131 cm³/mol. The number of azo groups is 1. The van der Waals surface area contributed by atoms with Gasteiger partial charge in [0.1, 0.15) is 11.4 Å². The molecule has 0 saturated carbocycles. The molecule has 3 N–H and O–H groups in total. The van der Waals surface area contributed by atoms with Crippen LogP contribution in [0, 0.1) is 0 Å². The molecule has 37 heavy (non-hydrogen) atoms. The topological polar surface area (TPSA) is 148 Å². The van der Waals surface area contributed by atoms with E-state index < -0.39 is 32.2 Å². The Morgan fingerprint density at radius 2 is 1.78 bits per heavy atom. The lowest BCUT2D eigenvalue weighted by molar-refractivity contribution is -0.137. The smallest absolute Gasteiger partial charge is 0.382 e. The van der Waals surface area contributed by atoms with E-state index in [0.29, 0.717) is 23.5 Å². The highest BCUT2D eigenvalue weighted by Gasteiger charge is 2.32. The molecule has 2 aromatic carbocycles. The van der Waals surface area contributed by atoms with E-state index in [-0.39, 0.29) is 28.9 Å². The first-order valence-corrected chi connectivity index (χ1v) is 12.4. The highest BCUT2D eigenvalue weighted by atomic mass is 32.2. The molecular formula is C23H19F3N8O2S. The van der Waals surface area contributed by atoms with Crippen LogP contribution >= 0.6 is 0 Å². The molecule has 0 saturated heterocycles. The van der Waals surface area contributed by atoms with E-state index in [1.165, 1.54) is 25.5 Å². The number of hydrogen-bond acceptors (Lipinski definition) is 10. The lowest BCUT2D eigenvalue weighted by Crippen LogP contribution is -2.08. The summed E-state index contributed by atoms with van der Waals surface area (Å²) in [6.07, 6.45) is -0.391. The lowest BCUT2D eigenvalue weighted by atomic mass is 10.2. The molecule has 0 amide bonds. The molecule has 4 aromatic rings. The lowest BCUT2D eigenvalue weighted by Gasteiger charge is -2.12. The highest BCUT2D eigenvalue weighted by molar-refractivity contribution is 7.91. The van der Waals surface area contributed by atoms with Crippen molar-refractivity contribution in [1.82, 2.24) is 19.9 Å². The van der Waals surface area contributed by atoms with Crippen molar-refractivity contribution in [2.24, 2.45) is 10.2 Å². The Labute approximate surface area is 209 Å². The Morgan fingerprint density at radius 3 is 2.43 bits per heavy atom. The number of halogens is 3. The van der Waals surface area contributed by atoms with Crippen LogP contribution in [0.5, 0.6) is 0 Å². The zero-order chi connectivity index (χ0) is 26.6. The van der Waals surface area contributed by atoms with Crippen LogP contribution in [0.2, 0.25) is 0 Å². The predicted octanol–water partition coefficient (Wildman–Crippen LogP) is 5.49. The highest BCUT2D eigenvalue weighted by Crippen LogP contribution is 2.38. The van der Waals surface area contributed by atoms with Crippen LogP contribution in [0.4, 0.5) is 41.9 Å². The maximum absolute atomic E-state index is 13.3. The van der Waals surface area contributed by atoms with Gasteiger partial charge in [-0.2, -0.15) is 13.2 Å². The quantitative estimate of drug-likeness (QED) is 0.299. The number of nitrogens with zero attached hydrogens (tertiary/aromatic N) is 6. The number of benzene rings is 2. The van der Waals surface area contributed by atoms with Crippen LogP contribution in [-0.2, 0) is 16.0 Å². The molecule has 0 aliphatic rings. The second kappa shape index (κ2) is 10.3. The number of alkyl halides is 3. The average Bonchev–Trinajstić information content (AvgIpc) is 2.88. The Hall–Kier alpha value is -4.46. The monoisotopic (exact) mass is 528 g/mol. The largest absolute Gasteiger partial charge is 0.416 e. The summed E-state index contributed by atoms with van der Waals surface area (Å²) >= 11 is 0. The summed E-state index contributed by atoms with van der Waals surface area (Å²) in [6, 6.07) is 11.0. The van der Waals surface area contributed by atoms with E-state index in [2.05, 4.69) is 35.5 Å². The fraction of sp³-hybridized carbons (Fsp3) is 0.130. The normalized spacial score (nSPS) is 12.1. The Bertz CT molecular complexity index is 1550. The number of hydrogen-bond donors (Lipinski definition) is 2. The van der Waals surface area contributed by atoms with E-state index in [1.807, 2.05) is 0 Å². The second-order valence-electron chi connectivity index (χ2n) is 7.50.